The maximum atomic E-state index is 14.5. The number of carbonyl (C=O) groups excluding carboxylic acids is 3. The van der Waals surface area contributed by atoms with E-state index in [0.29, 0.717) is 24.2 Å². The molecule has 0 atom stereocenters. The van der Waals surface area contributed by atoms with E-state index in [0.717, 1.165) is 6.07 Å². The zero-order valence-electron chi connectivity index (χ0n) is 16.3. The quantitative estimate of drug-likeness (QED) is 0.492. The van der Waals surface area contributed by atoms with Crippen LogP contribution < -0.4 is 10.2 Å². The third-order valence-corrected chi connectivity index (χ3v) is 4.82. The molecule has 2 aliphatic rings. The molecule has 0 aromatic heterocycles. The Morgan fingerprint density at radius 2 is 2.03 bits per heavy atom. The zero-order chi connectivity index (χ0) is 21.9. The molecule has 1 N–H and O–H groups in total. The van der Waals surface area contributed by atoms with E-state index in [4.69, 9.17) is 11.2 Å². The first-order valence-electron chi connectivity index (χ1n) is 9.40. The average molecular weight is 418 g/mol. The molecule has 10 heteroatoms. The van der Waals surface area contributed by atoms with E-state index in [1.54, 1.807) is 6.92 Å². The number of alkyl halides is 2. The van der Waals surface area contributed by atoms with Crippen molar-refractivity contribution in [2.45, 2.75) is 44.2 Å². The smallest absolute Gasteiger partial charge is 0.352 e. The van der Waals surface area contributed by atoms with Crippen LogP contribution in [-0.2, 0) is 25.0 Å². The Hall–Kier alpha value is -3.35. The molecule has 0 spiro atoms. The molecule has 1 aromatic carbocycles. The predicted molar refractivity (Wildman–Crippen MR) is 103 cm³/mol. The number of halogens is 2. The van der Waals surface area contributed by atoms with Gasteiger partial charge in [0.1, 0.15) is 6.54 Å². The highest BCUT2D eigenvalue weighted by Crippen LogP contribution is 2.45. The fourth-order valence-corrected chi connectivity index (χ4v) is 3.19. The number of carbonyl (C=O) groups is 3. The van der Waals surface area contributed by atoms with Crippen LogP contribution in [0, 0.1) is 12.3 Å². The van der Waals surface area contributed by atoms with Crippen molar-refractivity contribution in [3.63, 3.8) is 0 Å². The molecular weight excluding hydrogens is 398 g/mol. The summed E-state index contributed by atoms with van der Waals surface area (Å²) in [7, 11) is 0. The molecule has 2 aliphatic heterocycles. The summed E-state index contributed by atoms with van der Waals surface area (Å²) in [6.07, 6.45) is 6.72. The Bertz CT molecular complexity index is 949. The number of hydrogen-bond donors (Lipinski definition) is 1. The van der Waals surface area contributed by atoms with Gasteiger partial charge in [-0.2, -0.15) is 19.0 Å². The van der Waals surface area contributed by atoms with Crippen molar-refractivity contribution in [1.29, 1.82) is 0 Å². The number of hydrogen-bond acceptors (Lipinski definition) is 6. The van der Waals surface area contributed by atoms with Crippen LogP contribution in [0.2, 0.25) is 0 Å². The van der Waals surface area contributed by atoms with Crippen molar-refractivity contribution >= 4 is 29.2 Å². The first-order chi connectivity index (χ1) is 14.2. The van der Waals surface area contributed by atoms with E-state index in [2.05, 4.69) is 21.5 Å². The van der Waals surface area contributed by atoms with Crippen LogP contribution in [0.4, 0.5) is 20.2 Å². The lowest BCUT2D eigenvalue weighted by molar-refractivity contribution is -0.146. The number of nitrogens with one attached hydrogen (secondary N) is 1. The molecule has 8 nitrogen and oxygen atoms in total. The van der Waals surface area contributed by atoms with Crippen LogP contribution in [0.1, 0.15) is 38.2 Å². The van der Waals surface area contributed by atoms with Gasteiger partial charge in [-0.1, -0.05) is 0 Å². The molecule has 0 saturated heterocycles. The fraction of sp³-hybridized carbons (Fsp3) is 0.450. The number of amides is 2. The van der Waals surface area contributed by atoms with Gasteiger partial charge in [-0.3, -0.25) is 19.3 Å². The topological polar surface area (TPSA) is 100 Å². The Morgan fingerprint density at radius 3 is 2.67 bits per heavy atom. The van der Waals surface area contributed by atoms with Gasteiger partial charge in [-0.25, -0.2) is 0 Å². The van der Waals surface area contributed by atoms with Crippen molar-refractivity contribution in [2.24, 2.45) is 10.2 Å². The van der Waals surface area contributed by atoms with Gasteiger partial charge in [0, 0.05) is 31.4 Å². The highest BCUT2D eigenvalue weighted by atomic mass is 19.3. The molecule has 2 heterocycles. The van der Waals surface area contributed by atoms with E-state index < -0.39 is 41.5 Å². The highest BCUT2D eigenvalue weighted by Gasteiger charge is 2.53. The Morgan fingerprint density at radius 1 is 1.30 bits per heavy atom. The van der Waals surface area contributed by atoms with Crippen LogP contribution in [-0.4, -0.2) is 36.6 Å². The summed E-state index contributed by atoms with van der Waals surface area (Å²) in [6.45, 7) is 1.02. The molecule has 0 unspecified atom stereocenters. The zero-order valence-corrected chi connectivity index (χ0v) is 16.3. The largest absolute Gasteiger partial charge is 0.465 e. The Kier molecular flexibility index (Phi) is 5.82. The molecule has 1 aromatic rings. The lowest BCUT2D eigenvalue weighted by atomic mass is 10.0. The van der Waals surface area contributed by atoms with Crippen molar-refractivity contribution < 1.29 is 27.9 Å². The number of anilines is 2. The minimum absolute atomic E-state index is 0.0691. The van der Waals surface area contributed by atoms with Gasteiger partial charge in [0.25, 0.3) is 0 Å². The summed E-state index contributed by atoms with van der Waals surface area (Å²) in [4.78, 5) is 36.7. The fourth-order valence-electron chi connectivity index (χ4n) is 3.19. The van der Waals surface area contributed by atoms with Gasteiger partial charge in [0.2, 0.25) is 5.91 Å². The maximum Gasteiger partial charge on any atom is 0.352 e. The summed E-state index contributed by atoms with van der Waals surface area (Å²) in [5.41, 5.74) is -1.17. The van der Waals surface area contributed by atoms with E-state index in [-0.39, 0.29) is 24.4 Å². The van der Waals surface area contributed by atoms with Gasteiger partial charge in [-0.05, 0) is 25.1 Å². The predicted octanol–water partition coefficient (Wildman–Crippen LogP) is 2.98. The van der Waals surface area contributed by atoms with Crippen molar-refractivity contribution in [3.05, 3.63) is 23.8 Å². The summed E-state index contributed by atoms with van der Waals surface area (Å²) in [5.74, 6) is -4.02. The van der Waals surface area contributed by atoms with Gasteiger partial charge >= 0.3 is 17.8 Å². The highest BCUT2D eigenvalue weighted by molar-refractivity contribution is 6.08. The van der Waals surface area contributed by atoms with Crippen LogP contribution in [0.5, 0.6) is 0 Å². The summed E-state index contributed by atoms with van der Waals surface area (Å²) < 4.78 is 33.7. The molecule has 0 fully saturated rings. The van der Waals surface area contributed by atoms with Crippen LogP contribution in [0.15, 0.2) is 28.4 Å². The average Bonchev–Trinajstić information content (AvgIpc) is 3.45. The SMILES string of the molecule is C#CCCC1(CCC(=O)Nc2ccc3c(c2)C(F)(F)C(=O)N3CC(=O)OCC)N=N1. The van der Waals surface area contributed by atoms with Crippen LogP contribution in [0.3, 0.4) is 0 Å². The molecule has 3 rings (SSSR count). The minimum atomic E-state index is -3.81. The van der Waals surface area contributed by atoms with Crippen molar-refractivity contribution in [3.8, 4) is 12.3 Å². The number of rotatable bonds is 9. The minimum Gasteiger partial charge on any atom is -0.465 e. The molecule has 0 radical (unpaired) electrons. The van der Waals surface area contributed by atoms with Gasteiger partial charge in [0.05, 0.1) is 17.9 Å². The number of fused-ring (bicyclic) bond motifs is 1. The number of esters is 1. The standard InChI is InChI=1S/C20H20F2N4O4/c1-3-5-9-19(24-25-19)10-8-16(27)23-13-6-7-15-14(11-13)20(21,22)18(29)26(15)12-17(28)30-4-2/h1,6-7,11H,4-5,8-10,12H2,2H3,(H,23,27). The maximum absolute atomic E-state index is 14.5. The summed E-state index contributed by atoms with van der Waals surface area (Å²) >= 11 is 0. The van der Waals surface area contributed by atoms with E-state index in [1.807, 2.05) is 0 Å². The monoisotopic (exact) mass is 418 g/mol. The molecular formula is C20H20F2N4O4. The second kappa shape index (κ2) is 8.18. The number of nitrogens with zero attached hydrogens (tertiary/aromatic N) is 3. The third kappa shape index (κ3) is 4.30. The first-order valence-corrected chi connectivity index (χ1v) is 9.40. The van der Waals surface area contributed by atoms with E-state index in [1.165, 1.54) is 12.1 Å². The lowest BCUT2D eigenvalue weighted by Gasteiger charge is -2.16. The second-order valence-corrected chi connectivity index (χ2v) is 6.94. The molecule has 0 bridgehead atoms. The molecule has 2 amide bonds. The van der Waals surface area contributed by atoms with Gasteiger partial charge < -0.3 is 10.1 Å². The van der Waals surface area contributed by atoms with E-state index in [9.17, 15) is 23.2 Å². The van der Waals surface area contributed by atoms with Crippen LogP contribution >= 0.6 is 0 Å². The second-order valence-electron chi connectivity index (χ2n) is 6.94. The molecule has 30 heavy (non-hydrogen) atoms. The molecule has 0 saturated carbocycles. The van der Waals surface area contributed by atoms with Gasteiger partial charge in [-0.15, -0.1) is 12.3 Å². The molecule has 0 aliphatic carbocycles. The Labute approximate surface area is 171 Å². The van der Waals surface area contributed by atoms with Gasteiger partial charge in [0.15, 0.2) is 5.66 Å². The number of benzene rings is 1. The third-order valence-electron chi connectivity index (χ3n) is 4.82. The van der Waals surface area contributed by atoms with Crippen molar-refractivity contribution in [2.75, 3.05) is 23.4 Å². The number of ether oxygens (including phenoxy) is 1. The normalized spacial score (nSPS) is 17.3. The summed E-state index contributed by atoms with van der Waals surface area (Å²) in [6, 6.07) is 3.70. The lowest BCUT2D eigenvalue weighted by Crippen LogP contribution is -2.38. The summed E-state index contributed by atoms with van der Waals surface area (Å²) in [5, 5.41) is 10.4. The Balaban J connectivity index is 1.67. The first kappa shape index (κ1) is 21.4. The number of terminal acetylenes is 1. The van der Waals surface area contributed by atoms with Crippen molar-refractivity contribution in [1.82, 2.24) is 0 Å². The molecule has 158 valence electrons. The van der Waals surface area contributed by atoms with Crippen LogP contribution in [0.25, 0.3) is 0 Å². The van der Waals surface area contributed by atoms with E-state index >= 15 is 0 Å².